The Kier molecular flexibility index (Phi) is 6.07. The van der Waals surface area contributed by atoms with E-state index in [1.54, 1.807) is 11.3 Å². The molecule has 0 spiro atoms. The first-order chi connectivity index (χ1) is 12.6. The Balaban J connectivity index is 1.69. The molecule has 134 valence electrons. The van der Waals surface area contributed by atoms with Gasteiger partial charge in [0.1, 0.15) is 5.01 Å². The van der Waals surface area contributed by atoms with E-state index >= 15 is 0 Å². The lowest BCUT2D eigenvalue weighted by Crippen LogP contribution is -2.28. The van der Waals surface area contributed by atoms with E-state index < -0.39 is 0 Å². The number of amides is 1. The second kappa shape index (κ2) is 8.47. The smallest absolute Gasteiger partial charge is 0.227 e. The molecule has 1 heterocycles. The van der Waals surface area contributed by atoms with E-state index in [1.165, 1.54) is 0 Å². The number of aryl methyl sites for hydroxylation is 1. The maximum absolute atomic E-state index is 12.6. The van der Waals surface area contributed by atoms with Crippen LogP contribution in [0.4, 0.5) is 0 Å². The van der Waals surface area contributed by atoms with Gasteiger partial charge in [-0.2, -0.15) is 0 Å². The first-order valence-corrected chi connectivity index (χ1v) is 9.82. The Morgan fingerprint density at radius 2 is 1.85 bits per heavy atom. The van der Waals surface area contributed by atoms with Crippen molar-refractivity contribution < 1.29 is 4.79 Å². The number of thiazole rings is 1. The summed E-state index contributed by atoms with van der Waals surface area (Å²) in [6, 6.07) is 17.6. The van der Waals surface area contributed by atoms with E-state index in [0.717, 1.165) is 33.1 Å². The summed E-state index contributed by atoms with van der Waals surface area (Å²) in [4.78, 5) is 18.4. The minimum Gasteiger partial charge on any atom is -0.349 e. The summed E-state index contributed by atoms with van der Waals surface area (Å²) in [5.74, 6) is -0.0902. The monoisotopic (exact) mass is 384 g/mol. The zero-order chi connectivity index (χ0) is 18.5. The van der Waals surface area contributed by atoms with Crippen molar-refractivity contribution in [2.45, 2.75) is 32.7 Å². The number of nitrogens with zero attached hydrogens (tertiary/aromatic N) is 1. The topological polar surface area (TPSA) is 42.0 Å². The van der Waals surface area contributed by atoms with Crippen molar-refractivity contribution in [1.29, 1.82) is 0 Å². The van der Waals surface area contributed by atoms with Crippen LogP contribution in [0.2, 0.25) is 5.02 Å². The summed E-state index contributed by atoms with van der Waals surface area (Å²) in [5, 5.41) is 4.65. The molecule has 0 saturated heterocycles. The highest BCUT2D eigenvalue weighted by molar-refractivity contribution is 7.12. The van der Waals surface area contributed by atoms with Gasteiger partial charge < -0.3 is 5.32 Å². The summed E-state index contributed by atoms with van der Waals surface area (Å²) in [6.07, 6.45) is 0.767. The molecular formula is C21H21ClN2OS. The minimum absolute atomic E-state index is 0.0413. The summed E-state index contributed by atoms with van der Waals surface area (Å²) in [6.45, 7) is 4.52. The lowest BCUT2D eigenvalue weighted by atomic mass is 9.96. The van der Waals surface area contributed by atoms with E-state index in [9.17, 15) is 4.79 Å². The minimum atomic E-state index is -0.131. The molecule has 1 N–H and O–H groups in total. The third kappa shape index (κ3) is 4.32. The molecule has 0 aliphatic rings. The fourth-order valence-electron chi connectivity index (χ4n) is 2.95. The zero-order valence-corrected chi connectivity index (χ0v) is 16.4. The van der Waals surface area contributed by atoms with Gasteiger partial charge >= 0.3 is 0 Å². The van der Waals surface area contributed by atoms with Crippen LogP contribution in [0, 0.1) is 6.92 Å². The number of carbonyl (C=O) groups excluding carboxylic acids is 1. The molecule has 0 aliphatic carbocycles. The number of benzene rings is 2. The van der Waals surface area contributed by atoms with Crippen molar-refractivity contribution in [3.8, 4) is 11.3 Å². The van der Waals surface area contributed by atoms with Crippen LogP contribution in [0.15, 0.2) is 54.6 Å². The highest BCUT2D eigenvalue weighted by Crippen LogP contribution is 2.28. The predicted octanol–water partition coefficient (Wildman–Crippen LogP) is 5.58. The standard InChI is InChI=1S/C21H21ClN2OS/c1-3-18(15-7-5-4-6-8-15)21(25)23-13-19-24-20(14(2)26-19)16-9-11-17(22)12-10-16/h4-12,18H,3,13H2,1-2H3,(H,23,25). The molecule has 0 saturated carbocycles. The van der Waals surface area contributed by atoms with Crippen LogP contribution in [0.1, 0.15) is 34.7 Å². The molecule has 2 aromatic carbocycles. The van der Waals surface area contributed by atoms with Gasteiger partial charge in [-0.15, -0.1) is 11.3 Å². The van der Waals surface area contributed by atoms with Crippen molar-refractivity contribution in [2.75, 3.05) is 0 Å². The first kappa shape index (κ1) is 18.6. The number of nitrogens with one attached hydrogen (secondary N) is 1. The second-order valence-electron chi connectivity index (χ2n) is 6.11. The van der Waals surface area contributed by atoms with Crippen LogP contribution in [0.25, 0.3) is 11.3 Å². The molecular weight excluding hydrogens is 364 g/mol. The van der Waals surface area contributed by atoms with Gasteiger partial charge in [-0.05, 0) is 31.0 Å². The summed E-state index contributed by atoms with van der Waals surface area (Å²) in [7, 11) is 0. The van der Waals surface area contributed by atoms with Gasteiger partial charge in [0.2, 0.25) is 5.91 Å². The van der Waals surface area contributed by atoms with Crippen LogP contribution in [-0.2, 0) is 11.3 Å². The van der Waals surface area contributed by atoms with E-state index in [-0.39, 0.29) is 11.8 Å². The lowest BCUT2D eigenvalue weighted by Gasteiger charge is -2.14. The van der Waals surface area contributed by atoms with Crippen molar-refractivity contribution >= 4 is 28.8 Å². The maximum Gasteiger partial charge on any atom is 0.227 e. The van der Waals surface area contributed by atoms with E-state index in [0.29, 0.717) is 11.6 Å². The van der Waals surface area contributed by atoms with Gasteiger partial charge in [-0.1, -0.05) is 61.0 Å². The average Bonchev–Trinajstić information content (AvgIpc) is 3.03. The average molecular weight is 385 g/mol. The fraction of sp³-hybridized carbons (Fsp3) is 0.238. The van der Waals surface area contributed by atoms with Crippen LogP contribution in [0.3, 0.4) is 0 Å². The second-order valence-corrected chi connectivity index (χ2v) is 7.83. The van der Waals surface area contributed by atoms with Crippen molar-refractivity contribution in [3.63, 3.8) is 0 Å². The molecule has 1 amide bonds. The Bertz CT molecular complexity index is 875. The Hall–Kier alpha value is -2.17. The van der Waals surface area contributed by atoms with Gasteiger partial charge in [0, 0.05) is 15.5 Å². The number of hydrogen-bond acceptors (Lipinski definition) is 3. The normalized spacial score (nSPS) is 12.0. The van der Waals surface area contributed by atoms with Crippen molar-refractivity contribution in [1.82, 2.24) is 10.3 Å². The third-order valence-electron chi connectivity index (χ3n) is 4.30. The Morgan fingerprint density at radius 1 is 1.15 bits per heavy atom. The molecule has 3 aromatic rings. The molecule has 5 heteroatoms. The van der Waals surface area contributed by atoms with E-state index in [1.807, 2.05) is 68.4 Å². The van der Waals surface area contributed by atoms with Gasteiger partial charge in [0.05, 0.1) is 18.2 Å². The number of hydrogen-bond donors (Lipinski definition) is 1. The number of aromatic nitrogens is 1. The molecule has 3 rings (SSSR count). The van der Waals surface area contributed by atoms with Crippen LogP contribution in [0.5, 0.6) is 0 Å². The van der Waals surface area contributed by atoms with Crippen LogP contribution in [-0.4, -0.2) is 10.9 Å². The molecule has 1 aromatic heterocycles. The molecule has 1 unspecified atom stereocenters. The molecule has 0 bridgehead atoms. The van der Waals surface area contributed by atoms with Crippen LogP contribution >= 0.6 is 22.9 Å². The quantitative estimate of drug-likeness (QED) is 0.602. The number of rotatable bonds is 6. The molecule has 1 atom stereocenters. The predicted molar refractivity (Wildman–Crippen MR) is 109 cm³/mol. The molecule has 0 aliphatic heterocycles. The highest BCUT2D eigenvalue weighted by atomic mass is 35.5. The van der Waals surface area contributed by atoms with Gasteiger partial charge in [-0.3, -0.25) is 4.79 Å². The van der Waals surface area contributed by atoms with E-state index in [2.05, 4.69) is 5.32 Å². The Morgan fingerprint density at radius 3 is 2.50 bits per heavy atom. The van der Waals surface area contributed by atoms with Gasteiger partial charge in [0.15, 0.2) is 0 Å². The van der Waals surface area contributed by atoms with Gasteiger partial charge in [-0.25, -0.2) is 4.98 Å². The summed E-state index contributed by atoms with van der Waals surface area (Å²) in [5.41, 5.74) is 3.03. The highest BCUT2D eigenvalue weighted by Gasteiger charge is 2.19. The molecule has 3 nitrogen and oxygen atoms in total. The molecule has 26 heavy (non-hydrogen) atoms. The molecule has 0 radical (unpaired) electrons. The van der Waals surface area contributed by atoms with Crippen LogP contribution < -0.4 is 5.32 Å². The number of carbonyl (C=O) groups is 1. The van der Waals surface area contributed by atoms with Crippen molar-refractivity contribution in [2.24, 2.45) is 0 Å². The fourth-order valence-corrected chi connectivity index (χ4v) is 3.97. The zero-order valence-electron chi connectivity index (χ0n) is 14.8. The SMILES string of the molecule is CCC(C(=O)NCc1nc(-c2ccc(Cl)cc2)c(C)s1)c1ccccc1. The van der Waals surface area contributed by atoms with E-state index in [4.69, 9.17) is 16.6 Å². The van der Waals surface area contributed by atoms with Crippen molar-refractivity contribution in [3.05, 3.63) is 75.1 Å². The summed E-state index contributed by atoms with van der Waals surface area (Å²) >= 11 is 7.57. The Labute approximate surface area is 163 Å². The van der Waals surface area contributed by atoms with Gasteiger partial charge in [0.25, 0.3) is 0 Å². The summed E-state index contributed by atoms with van der Waals surface area (Å²) < 4.78 is 0. The maximum atomic E-state index is 12.6. The third-order valence-corrected chi connectivity index (χ3v) is 5.52. The number of halogens is 1. The largest absolute Gasteiger partial charge is 0.349 e. The lowest BCUT2D eigenvalue weighted by molar-refractivity contribution is -0.122. The first-order valence-electron chi connectivity index (χ1n) is 8.63. The molecule has 0 fully saturated rings.